The molecule has 0 aliphatic carbocycles. The lowest BCUT2D eigenvalue weighted by Crippen LogP contribution is -2.14. The van der Waals surface area contributed by atoms with Gasteiger partial charge >= 0.3 is 0 Å². The van der Waals surface area contributed by atoms with E-state index in [1.54, 1.807) is 6.07 Å². The molecule has 4 heteroatoms. The highest BCUT2D eigenvalue weighted by molar-refractivity contribution is 6.04. The van der Waals surface area contributed by atoms with Gasteiger partial charge in [0.25, 0.3) is 5.91 Å². The molecule has 0 fully saturated rings. The summed E-state index contributed by atoms with van der Waals surface area (Å²) in [5, 5.41) is 3.87. The zero-order chi connectivity index (χ0) is 15.5. The molecular weight excluding hydrogens is 274 g/mol. The summed E-state index contributed by atoms with van der Waals surface area (Å²) in [5.74, 6) is -0.229. The van der Waals surface area contributed by atoms with Gasteiger partial charge in [-0.25, -0.2) is 4.98 Å². The van der Waals surface area contributed by atoms with Gasteiger partial charge in [-0.15, -0.1) is 0 Å². The third kappa shape index (κ3) is 2.97. The number of nitrogens with one attached hydrogen (secondary N) is 1. The van der Waals surface area contributed by atoms with Crippen molar-refractivity contribution in [2.75, 3.05) is 5.32 Å². The van der Waals surface area contributed by atoms with Crippen molar-refractivity contribution in [2.45, 2.75) is 13.0 Å². The van der Waals surface area contributed by atoms with E-state index in [0.717, 1.165) is 22.2 Å². The summed E-state index contributed by atoms with van der Waals surface area (Å²) < 4.78 is 0. The Morgan fingerprint density at radius 3 is 2.73 bits per heavy atom. The van der Waals surface area contributed by atoms with E-state index >= 15 is 0 Å². The SMILES string of the molecule is CC(N)c1cccc(NC(=O)c2ccc3ccccc3n2)c1. The molecule has 3 rings (SSSR count). The number of carbonyl (C=O) groups excluding carboxylic acids is 1. The number of aromatic nitrogens is 1. The van der Waals surface area contributed by atoms with Crippen molar-refractivity contribution in [1.29, 1.82) is 0 Å². The monoisotopic (exact) mass is 291 g/mol. The molecule has 1 unspecified atom stereocenters. The Labute approximate surface area is 129 Å². The molecule has 0 bridgehead atoms. The number of benzene rings is 2. The molecule has 0 radical (unpaired) electrons. The molecule has 3 N–H and O–H groups in total. The molecule has 0 aliphatic rings. The predicted molar refractivity (Wildman–Crippen MR) is 88.7 cm³/mol. The van der Waals surface area contributed by atoms with Crippen LogP contribution < -0.4 is 11.1 Å². The zero-order valence-corrected chi connectivity index (χ0v) is 12.3. The maximum atomic E-state index is 12.3. The highest BCUT2D eigenvalue weighted by Gasteiger charge is 2.09. The van der Waals surface area contributed by atoms with Gasteiger partial charge in [0.2, 0.25) is 0 Å². The highest BCUT2D eigenvalue weighted by atomic mass is 16.1. The molecule has 4 nitrogen and oxygen atoms in total. The van der Waals surface area contributed by atoms with Crippen LogP contribution in [0.15, 0.2) is 60.7 Å². The molecular formula is C18H17N3O. The van der Waals surface area contributed by atoms with E-state index in [9.17, 15) is 4.79 Å². The Morgan fingerprint density at radius 1 is 1.09 bits per heavy atom. The quantitative estimate of drug-likeness (QED) is 0.776. The molecule has 0 aliphatic heterocycles. The molecule has 2 aromatic carbocycles. The van der Waals surface area contributed by atoms with Gasteiger partial charge in [0.15, 0.2) is 0 Å². The van der Waals surface area contributed by atoms with Crippen molar-refractivity contribution in [1.82, 2.24) is 4.98 Å². The van der Waals surface area contributed by atoms with Crippen molar-refractivity contribution in [3.8, 4) is 0 Å². The molecule has 1 amide bonds. The number of rotatable bonds is 3. The van der Waals surface area contributed by atoms with Crippen molar-refractivity contribution < 1.29 is 4.79 Å². The Hall–Kier alpha value is -2.72. The van der Waals surface area contributed by atoms with Crippen LogP contribution in [-0.2, 0) is 0 Å². The first-order valence-electron chi connectivity index (χ1n) is 7.16. The van der Waals surface area contributed by atoms with E-state index in [-0.39, 0.29) is 11.9 Å². The van der Waals surface area contributed by atoms with Gasteiger partial charge in [-0.2, -0.15) is 0 Å². The summed E-state index contributed by atoms with van der Waals surface area (Å²) in [6.45, 7) is 1.91. The number of hydrogen-bond acceptors (Lipinski definition) is 3. The van der Waals surface area contributed by atoms with E-state index in [2.05, 4.69) is 10.3 Å². The van der Waals surface area contributed by atoms with Crippen LogP contribution in [0.5, 0.6) is 0 Å². The van der Waals surface area contributed by atoms with Crippen LogP contribution in [0.2, 0.25) is 0 Å². The summed E-state index contributed by atoms with van der Waals surface area (Å²) in [6.07, 6.45) is 0. The fourth-order valence-electron chi connectivity index (χ4n) is 2.29. The van der Waals surface area contributed by atoms with Crippen molar-refractivity contribution in [3.63, 3.8) is 0 Å². The number of amides is 1. The Balaban J connectivity index is 1.85. The van der Waals surface area contributed by atoms with Crippen LogP contribution in [0.1, 0.15) is 29.0 Å². The van der Waals surface area contributed by atoms with E-state index in [4.69, 9.17) is 5.73 Å². The average molecular weight is 291 g/mol. The number of hydrogen-bond donors (Lipinski definition) is 2. The molecule has 1 heterocycles. The molecule has 3 aromatic rings. The van der Waals surface area contributed by atoms with E-state index < -0.39 is 0 Å². The number of fused-ring (bicyclic) bond motifs is 1. The van der Waals surface area contributed by atoms with Crippen LogP contribution in [0.3, 0.4) is 0 Å². The van der Waals surface area contributed by atoms with E-state index in [1.165, 1.54) is 0 Å². The number of nitrogens with two attached hydrogens (primary N) is 1. The number of pyridine rings is 1. The van der Waals surface area contributed by atoms with E-state index in [0.29, 0.717) is 5.69 Å². The lowest BCUT2D eigenvalue weighted by molar-refractivity contribution is 0.102. The summed E-state index contributed by atoms with van der Waals surface area (Å²) >= 11 is 0. The van der Waals surface area contributed by atoms with Crippen LogP contribution in [-0.4, -0.2) is 10.9 Å². The fraction of sp³-hybridized carbons (Fsp3) is 0.111. The summed E-state index contributed by atoms with van der Waals surface area (Å²) in [4.78, 5) is 16.7. The minimum absolute atomic E-state index is 0.0735. The Bertz CT molecular complexity index is 827. The first-order valence-corrected chi connectivity index (χ1v) is 7.16. The van der Waals surface area contributed by atoms with Gasteiger partial charge in [-0.1, -0.05) is 36.4 Å². The third-order valence-electron chi connectivity index (χ3n) is 3.50. The van der Waals surface area contributed by atoms with Gasteiger partial charge in [0, 0.05) is 17.1 Å². The van der Waals surface area contributed by atoms with Crippen LogP contribution in [0.25, 0.3) is 10.9 Å². The highest BCUT2D eigenvalue weighted by Crippen LogP contribution is 2.17. The molecule has 0 saturated carbocycles. The smallest absolute Gasteiger partial charge is 0.274 e. The first kappa shape index (κ1) is 14.2. The molecule has 22 heavy (non-hydrogen) atoms. The number of anilines is 1. The van der Waals surface area contributed by atoms with Crippen LogP contribution >= 0.6 is 0 Å². The van der Waals surface area contributed by atoms with Crippen LogP contribution in [0.4, 0.5) is 5.69 Å². The van der Waals surface area contributed by atoms with Crippen LogP contribution in [0, 0.1) is 0 Å². The minimum atomic E-state index is -0.229. The molecule has 0 spiro atoms. The summed E-state index contributed by atoms with van der Waals surface area (Å²) in [7, 11) is 0. The number of nitrogens with zero attached hydrogens (tertiary/aromatic N) is 1. The molecule has 1 aromatic heterocycles. The normalized spacial score (nSPS) is 12.1. The molecule has 110 valence electrons. The first-order chi connectivity index (χ1) is 10.6. The molecule has 1 atom stereocenters. The summed E-state index contributed by atoms with van der Waals surface area (Å²) in [6, 6.07) is 18.8. The number of para-hydroxylation sites is 1. The van der Waals surface area contributed by atoms with Crippen molar-refractivity contribution >= 4 is 22.5 Å². The second-order valence-corrected chi connectivity index (χ2v) is 5.26. The molecule has 0 saturated heterocycles. The topological polar surface area (TPSA) is 68.0 Å². The van der Waals surface area contributed by atoms with Gasteiger partial charge in [0.1, 0.15) is 5.69 Å². The lowest BCUT2D eigenvalue weighted by atomic mass is 10.1. The largest absolute Gasteiger partial charge is 0.324 e. The lowest BCUT2D eigenvalue weighted by Gasteiger charge is -2.09. The fourth-order valence-corrected chi connectivity index (χ4v) is 2.29. The Morgan fingerprint density at radius 2 is 1.91 bits per heavy atom. The maximum Gasteiger partial charge on any atom is 0.274 e. The Kier molecular flexibility index (Phi) is 3.85. The van der Waals surface area contributed by atoms with Gasteiger partial charge in [-0.05, 0) is 36.8 Å². The van der Waals surface area contributed by atoms with Crippen molar-refractivity contribution in [3.05, 3.63) is 71.9 Å². The van der Waals surface area contributed by atoms with Gasteiger partial charge in [-0.3, -0.25) is 4.79 Å². The average Bonchev–Trinajstić information content (AvgIpc) is 2.54. The second-order valence-electron chi connectivity index (χ2n) is 5.26. The van der Waals surface area contributed by atoms with Crippen molar-refractivity contribution in [2.24, 2.45) is 5.73 Å². The van der Waals surface area contributed by atoms with E-state index in [1.807, 2.05) is 61.5 Å². The third-order valence-corrected chi connectivity index (χ3v) is 3.50. The zero-order valence-electron chi connectivity index (χ0n) is 12.3. The standard InChI is InChI=1S/C18H17N3O/c1-12(19)14-6-4-7-15(11-14)20-18(22)17-10-9-13-5-2-3-8-16(13)21-17/h2-12H,19H2,1H3,(H,20,22). The minimum Gasteiger partial charge on any atom is -0.324 e. The maximum absolute atomic E-state index is 12.3. The predicted octanol–water partition coefficient (Wildman–Crippen LogP) is 3.51. The van der Waals surface area contributed by atoms with Gasteiger partial charge < -0.3 is 11.1 Å². The second kappa shape index (κ2) is 5.95. The number of carbonyl (C=O) groups is 1. The summed E-state index contributed by atoms with van der Waals surface area (Å²) in [5.41, 5.74) is 8.75. The van der Waals surface area contributed by atoms with Gasteiger partial charge in [0.05, 0.1) is 5.52 Å².